The maximum Gasteiger partial charge on any atom is 0.269 e. The van der Waals surface area contributed by atoms with E-state index in [1.54, 1.807) is 5.01 Å². The molecule has 1 aromatic carbocycles. The summed E-state index contributed by atoms with van der Waals surface area (Å²) in [5.41, 5.74) is 4.68. The van der Waals surface area contributed by atoms with Gasteiger partial charge in [-0.2, -0.15) is 10.2 Å². The van der Waals surface area contributed by atoms with E-state index in [9.17, 15) is 14.9 Å². The molecule has 232 valence electrons. The molecule has 11 nitrogen and oxygen atoms in total. The summed E-state index contributed by atoms with van der Waals surface area (Å²) in [4.78, 5) is 41.4. The van der Waals surface area contributed by atoms with Crippen LogP contribution in [-0.4, -0.2) is 102 Å². The van der Waals surface area contributed by atoms with E-state index in [1.807, 2.05) is 49.1 Å². The van der Waals surface area contributed by atoms with Crippen molar-refractivity contribution >= 4 is 33.6 Å². The molecule has 3 saturated heterocycles. The van der Waals surface area contributed by atoms with Gasteiger partial charge in [-0.15, -0.1) is 0 Å². The normalized spacial score (nSPS) is 18.7. The van der Waals surface area contributed by atoms with Crippen molar-refractivity contribution < 1.29 is 14.3 Å². The Balaban J connectivity index is 0.00000207. The van der Waals surface area contributed by atoms with Crippen LogP contribution in [0.4, 0.5) is 5.82 Å². The molecule has 0 bridgehead atoms. The zero-order chi connectivity index (χ0) is 30.8. The molecule has 5 rings (SSSR count). The first-order chi connectivity index (χ1) is 20.9. The molecule has 43 heavy (non-hydrogen) atoms. The molecule has 0 spiro atoms. The fraction of sp³-hybridized carbons (Fsp3) is 0.581. The molecule has 0 unspecified atom stereocenters. The highest BCUT2D eigenvalue weighted by atomic mass is 79.9. The highest BCUT2D eigenvalue weighted by Crippen LogP contribution is 2.27. The molecule has 4 heterocycles. The van der Waals surface area contributed by atoms with Crippen LogP contribution in [0.1, 0.15) is 61.3 Å². The Morgan fingerprint density at radius 1 is 1.05 bits per heavy atom. The van der Waals surface area contributed by atoms with Gasteiger partial charge >= 0.3 is 0 Å². The summed E-state index contributed by atoms with van der Waals surface area (Å²) >= 11 is 3.48. The first kappa shape index (κ1) is 32.8. The number of benzene rings is 1. The molecule has 0 radical (unpaired) electrons. The quantitative estimate of drug-likeness (QED) is 0.448. The molecular weight excluding hydrogens is 612 g/mol. The van der Waals surface area contributed by atoms with Gasteiger partial charge in [0.1, 0.15) is 6.07 Å². The number of nitriles is 1. The first-order valence-electron chi connectivity index (χ1n) is 15.3. The van der Waals surface area contributed by atoms with E-state index in [-0.39, 0.29) is 23.7 Å². The summed E-state index contributed by atoms with van der Waals surface area (Å²) in [6, 6.07) is 9.60. The highest BCUT2D eigenvalue weighted by molar-refractivity contribution is 9.10. The molecule has 2 aromatic rings. The van der Waals surface area contributed by atoms with E-state index >= 15 is 0 Å². The number of likely N-dealkylation sites (tertiary alicyclic amines) is 1. The number of hydrogen-bond acceptors (Lipinski definition) is 9. The lowest BCUT2D eigenvalue weighted by Gasteiger charge is -2.37. The second-order valence-electron chi connectivity index (χ2n) is 11.0. The number of nitrogens with zero attached hydrogens (tertiary/aromatic N) is 7. The number of likely N-dealkylation sites (N-methyl/N-ethyl adjacent to an activating group) is 1. The summed E-state index contributed by atoms with van der Waals surface area (Å²) in [6.07, 6.45) is 4.74. The van der Waals surface area contributed by atoms with Gasteiger partial charge in [-0.05, 0) is 79.4 Å². The van der Waals surface area contributed by atoms with Crippen molar-refractivity contribution in [3.05, 3.63) is 51.9 Å². The van der Waals surface area contributed by atoms with Gasteiger partial charge in [0.05, 0.1) is 10.5 Å². The molecule has 2 amide bonds. The fourth-order valence-corrected chi connectivity index (χ4v) is 6.04. The number of nitrogens with one attached hydrogen (secondary N) is 1. The maximum absolute atomic E-state index is 13.3. The molecular formula is C31H43BrN8O3. The van der Waals surface area contributed by atoms with Gasteiger partial charge in [0.2, 0.25) is 11.7 Å². The Morgan fingerprint density at radius 3 is 2.33 bits per heavy atom. The first-order valence-corrected chi connectivity index (χ1v) is 16.1. The van der Waals surface area contributed by atoms with Crippen molar-refractivity contribution in [2.45, 2.75) is 52.1 Å². The van der Waals surface area contributed by atoms with Crippen LogP contribution in [0.5, 0.6) is 0 Å². The predicted octanol–water partition coefficient (Wildman–Crippen LogP) is 3.45. The van der Waals surface area contributed by atoms with Gasteiger partial charge in [0.25, 0.3) is 5.91 Å². The zero-order valence-corrected chi connectivity index (χ0v) is 27.1. The van der Waals surface area contributed by atoms with Gasteiger partial charge in [-0.3, -0.25) is 24.9 Å². The lowest BCUT2D eigenvalue weighted by molar-refractivity contribution is -0.138. The van der Waals surface area contributed by atoms with E-state index in [1.165, 1.54) is 6.20 Å². The topological polar surface area (TPSA) is 118 Å². The lowest BCUT2D eigenvalue weighted by Crippen LogP contribution is -2.51. The van der Waals surface area contributed by atoms with Crippen molar-refractivity contribution in [3.8, 4) is 6.07 Å². The smallest absolute Gasteiger partial charge is 0.269 e. The SMILES string of the molecule is CC.CN1CCN(C(=O)C2CCN(Cc3ccc(C(=O)NN(c4nc(C#N)ncc4Br)C4CCOCC4)cc3)CC2)CC1. The number of amides is 2. The Kier molecular flexibility index (Phi) is 12.3. The van der Waals surface area contributed by atoms with Crippen molar-refractivity contribution in [2.24, 2.45) is 5.92 Å². The summed E-state index contributed by atoms with van der Waals surface area (Å²) in [7, 11) is 2.10. The highest BCUT2D eigenvalue weighted by Gasteiger charge is 2.30. The number of rotatable bonds is 7. The van der Waals surface area contributed by atoms with Crippen LogP contribution >= 0.6 is 15.9 Å². The largest absolute Gasteiger partial charge is 0.381 e. The second kappa shape index (κ2) is 16.1. The molecule has 3 aliphatic rings. The van der Waals surface area contributed by atoms with Gasteiger partial charge in [0.15, 0.2) is 5.82 Å². The van der Waals surface area contributed by atoms with Crippen LogP contribution in [0.2, 0.25) is 0 Å². The molecule has 0 atom stereocenters. The van der Waals surface area contributed by atoms with Crippen LogP contribution in [0.15, 0.2) is 34.9 Å². The van der Waals surface area contributed by atoms with Crippen molar-refractivity contribution in [1.82, 2.24) is 30.1 Å². The van der Waals surface area contributed by atoms with E-state index in [2.05, 4.69) is 48.2 Å². The van der Waals surface area contributed by atoms with Gasteiger partial charge in [0, 0.05) is 63.6 Å². The molecule has 1 aromatic heterocycles. The van der Waals surface area contributed by atoms with Crippen LogP contribution in [0, 0.1) is 17.2 Å². The molecule has 3 aliphatic heterocycles. The Morgan fingerprint density at radius 2 is 1.70 bits per heavy atom. The Hall–Kier alpha value is -3.11. The van der Waals surface area contributed by atoms with Gasteiger partial charge in [-0.25, -0.2) is 4.98 Å². The monoisotopic (exact) mass is 654 g/mol. The number of anilines is 1. The van der Waals surface area contributed by atoms with Gasteiger partial charge in [-0.1, -0.05) is 26.0 Å². The van der Waals surface area contributed by atoms with Crippen LogP contribution < -0.4 is 10.4 Å². The summed E-state index contributed by atoms with van der Waals surface area (Å²) < 4.78 is 6.10. The number of carbonyl (C=O) groups excluding carboxylic acids is 2. The minimum Gasteiger partial charge on any atom is -0.381 e. The maximum atomic E-state index is 13.3. The van der Waals surface area contributed by atoms with Crippen molar-refractivity contribution in [3.63, 3.8) is 0 Å². The number of hydrogen-bond donors (Lipinski definition) is 1. The van der Waals surface area contributed by atoms with E-state index in [0.29, 0.717) is 35.0 Å². The lowest BCUT2D eigenvalue weighted by atomic mass is 9.94. The van der Waals surface area contributed by atoms with E-state index in [0.717, 1.165) is 77.1 Å². The number of hydrazine groups is 1. The average molecular weight is 656 g/mol. The zero-order valence-electron chi connectivity index (χ0n) is 25.5. The predicted molar refractivity (Wildman–Crippen MR) is 168 cm³/mol. The minimum absolute atomic E-state index is 0.0317. The van der Waals surface area contributed by atoms with Crippen molar-refractivity contribution in [1.29, 1.82) is 5.26 Å². The van der Waals surface area contributed by atoms with Crippen LogP contribution in [0.3, 0.4) is 0 Å². The number of piperazine rings is 1. The minimum atomic E-state index is -0.254. The third kappa shape index (κ3) is 8.72. The molecule has 1 N–H and O–H groups in total. The van der Waals surface area contributed by atoms with E-state index < -0.39 is 0 Å². The summed E-state index contributed by atoms with van der Waals surface area (Å²) in [5, 5.41) is 11.0. The van der Waals surface area contributed by atoms with Crippen molar-refractivity contribution in [2.75, 3.05) is 64.5 Å². The molecule has 3 fully saturated rings. The number of carbonyl (C=O) groups is 2. The molecule has 0 aliphatic carbocycles. The molecule has 12 heteroatoms. The second-order valence-corrected chi connectivity index (χ2v) is 11.9. The summed E-state index contributed by atoms with van der Waals surface area (Å²) in [6.45, 7) is 11.3. The van der Waals surface area contributed by atoms with Crippen LogP contribution in [0.25, 0.3) is 0 Å². The third-order valence-corrected chi connectivity index (χ3v) is 8.77. The summed E-state index contributed by atoms with van der Waals surface area (Å²) in [5.74, 6) is 0.670. The number of halogens is 1. The fourth-order valence-electron chi connectivity index (χ4n) is 5.66. The van der Waals surface area contributed by atoms with Crippen LogP contribution in [-0.2, 0) is 16.1 Å². The standard InChI is InChI=1S/C29H37BrN8O3.C2H6/c1-35-12-14-37(15-13-35)29(40)23-6-10-36(11-7-23)20-21-2-4-22(5-3-21)28(39)34-38(24-8-16-41-17-9-24)27-25(30)19-32-26(18-31)33-27;1-2/h2-5,19,23-24H,6-17,20H2,1H3,(H,34,39);1-2H3. The number of aromatic nitrogens is 2. The third-order valence-electron chi connectivity index (χ3n) is 8.21. The van der Waals surface area contributed by atoms with Gasteiger partial charge < -0.3 is 14.5 Å². The average Bonchev–Trinajstić information content (AvgIpc) is 3.06. The molecule has 0 saturated carbocycles. The Bertz CT molecular complexity index is 1250. The van der Waals surface area contributed by atoms with E-state index in [4.69, 9.17) is 4.74 Å². The Labute approximate surface area is 263 Å². The number of ether oxygens (including phenoxy) is 1. The number of piperidine rings is 1.